The van der Waals surface area contributed by atoms with Crippen LogP contribution in [-0.4, -0.2) is 15.9 Å². The van der Waals surface area contributed by atoms with Crippen LogP contribution in [0.5, 0.6) is 5.75 Å². The topological polar surface area (TPSA) is 37.5 Å². The Balaban J connectivity index is 1.98. The van der Waals surface area contributed by atoms with Gasteiger partial charge in [0.05, 0.1) is 0 Å². The summed E-state index contributed by atoms with van der Waals surface area (Å²) >= 11 is 3.46. The second kappa shape index (κ2) is 6.42. The Bertz CT molecular complexity index is 864. The maximum absolute atomic E-state index is 9.80. The number of aliphatic imine (C=N–C) groups is 1. The van der Waals surface area contributed by atoms with Crippen LogP contribution in [0.3, 0.4) is 0 Å². The summed E-state index contributed by atoms with van der Waals surface area (Å²) in [5.74, 6) is 0.186. The summed E-state index contributed by atoms with van der Waals surface area (Å²) in [6, 6.07) is 17.4. The lowest BCUT2D eigenvalue weighted by molar-refractivity contribution is 0.477. The number of aromatic nitrogens is 1. The molecule has 0 unspecified atom stereocenters. The predicted molar refractivity (Wildman–Crippen MR) is 98.3 cm³/mol. The average Bonchev–Trinajstić information content (AvgIpc) is 2.82. The fourth-order valence-electron chi connectivity index (χ4n) is 2.62. The van der Waals surface area contributed by atoms with Crippen LogP contribution >= 0.6 is 15.9 Å². The van der Waals surface area contributed by atoms with E-state index in [1.807, 2.05) is 18.2 Å². The van der Waals surface area contributed by atoms with Crippen LogP contribution in [0.4, 0.5) is 5.69 Å². The number of phenolic OH excluding ortho intramolecular Hbond substituents is 1. The van der Waals surface area contributed by atoms with Crippen LogP contribution in [0.15, 0.2) is 64.1 Å². The predicted octanol–water partition coefficient (Wildman–Crippen LogP) is 5.31. The lowest BCUT2D eigenvalue weighted by atomic mass is 10.2. The first-order valence-electron chi connectivity index (χ1n) is 7.33. The van der Waals surface area contributed by atoms with E-state index in [9.17, 15) is 5.11 Å². The van der Waals surface area contributed by atoms with Crippen LogP contribution in [-0.2, 0) is 0 Å². The van der Waals surface area contributed by atoms with Crippen molar-refractivity contribution < 1.29 is 5.11 Å². The van der Waals surface area contributed by atoms with E-state index in [4.69, 9.17) is 0 Å². The Labute approximate surface area is 144 Å². The number of hydrogen-bond donors (Lipinski definition) is 1. The highest BCUT2D eigenvalue weighted by atomic mass is 79.9. The molecule has 0 radical (unpaired) electrons. The fraction of sp³-hybridized carbons (Fsp3) is 0.105. The molecule has 1 N–H and O–H groups in total. The van der Waals surface area contributed by atoms with E-state index in [2.05, 4.69) is 57.5 Å². The summed E-state index contributed by atoms with van der Waals surface area (Å²) in [6.07, 6.45) is 1.80. The highest BCUT2D eigenvalue weighted by molar-refractivity contribution is 9.10. The molecule has 3 rings (SSSR count). The second-order valence-corrected chi connectivity index (χ2v) is 6.30. The maximum atomic E-state index is 9.80. The summed E-state index contributed by atoms with van der Waals surface area (Å²) in [5, 5.41) is 9.80. The standard InChI is InChI=1S/C19H17BrN2O/c1-13-11-15(12-21-18-5-3-4-6-19(18)23)14(2)22(13)17-9-7-16(20)8-10-17/h3-12,23H,1-2H3. The highest BCUT2D eigenvalue weighted by Crippen LogP contribution is 2.26. The minimum Gasteiger partial charge on any atom is -0.506 e. The molecule has 0 fully saturated rings. The Morgan fingerprint density at radius 3 is 2.43 bits per heavy atom. The third-order valence-corrected chi connectivity index (χ3v) is 4.31. The molecule has 23 heavy (non-hydrogen) atoms. The minimum absolute atomic E-state index is 0.186. The van der Waals surface area contributed by atoms with Crippen LogP contribution in [0, 0.1) is 13.8 Å². The number of aromatic hydroxyl groups is 1. The molecule has 0 bridgehead atoms. The zero-order valence-corrected chi connectivity index (χ0v) is 14.6. The van der Waals surface area contributed by atoms with E-state index < -0.39 is 0 Å². The van der Waals surface area contributed by atoms with Crippen molar-refractivity contribution in [3.8, 4) is 11.4 Å². The third kappa shape index (κ3) is 3.22. The molecule has 0 aliphatic rings. The van der Waals surface area contributed by atoms with Crippen LogP contribution in [0.2, 0.25) is 0 Å². The molecule has 0 spiro atoms. The summed E-state index contributed by atoms with van der Waals surface area (Å²) < 4.78 is 3.25. The quantitative estimate of drug-likeness (QED) is 0.624. The van der Waals surface area contributed by atoms with Crippen molar-refractivity contribution in [1.82, 2.24) is 4.57 Å². The number of nitrogens with zero attached hydrogens (tertiary/aromatic N) is 2. The molecule has 3 nitrogen and oxygen atoms in total. The first-order valence-corrected chi connectivity index (χ1v) is 8.12. The minimum atomic E-state index is 0.186. The zero-order valence-electron chi connectivity index (χ0n) is 13.0. The number of aryl methyl sites for hydroxylation is 1. The van der Waals surface area contributed by atoms with Gasteiger partial charge in [-0.2, -0.15) is 0 Å². The molecule has 2 aromatic carbocycles. The number of benzene rings is 2. The summed E-state index contributed by atoms with van der Waals surface area (Å²) in [4.78, 5) is 4.40. The number of phenols is 1. The Kier molecular flexibility index (Phi) is 4.35. The molecule has 116 valence electrons. The van der Waals surface area contributed by atoms with E-state index in [1.54, 1.807) is 24.4 Å². The molecule has 0 amide bonds. The van der Waals surface area contributed by atoms with Crippen molar-refractivity contribution in [1.29, 1.82) is 0 Å². The molecular formula is C19H17BrN2O. The highest BCUT2D eigenvalue weighted by Gasteiger charge is 2.09. The van der Waals surface area contributed by atoms with Crippen molar-refractivity contribution in [3.05, 3.63) is 76.0 Å². The van der Waals surface area contributed by atoms with Gasteiger partial charge in [-0.1, -0.05) is 28.1 Å². The van der Waals surface area contributed by atoms with Crippen molar-refractivity contribution in [3.63, 3.8) is 0 Å². The van der Waals surface area contributed by atoms with E-state index in [0.717, 1.165) is 27.1 Å². The van der Waals surface area contributed by atoms with Gasteiger partial charge in [0.25, 0.3) is 0 Å². The number of para-hydroxylation sites is 2. The van der Waals surface area contributed by atoms with Crippen molar-refractivity contribution in [2.24, 2.45) is 4.99 Å². The summed E-state index contributed by atoms with van der Waals surface area (Å²) in [5.41, 5.74) is 4.98. The third-order valence-electron chi connectivity index (χ3n) is 3.78. The first-order chi connectivity index (χ1) is 11.1. The molecule has 0 aliphatic carbocycles. The van der Waals surface area contributed by atoms with Gasteiger partial charge in [-0.15, -0.1) is 0 Å². The normalized spacial score (nSPS) is 11.3. The van der Waals surface area contributed by atoms with E-state index in [-0.39, 0.29) is 5.75 Å². The number of rotatable bonds is 3. The second-order valence-electron chi connectivity index (χ2n) is 5.39. The summed E-state index contributed by atoms with van der Waals surface area (Å²) in [6.45, 7) is 4.15. The van der Waals surface area contributed by atoms with Crippen LogP contribution in [0.25, 0.3) is 5.69 Å². The molecule has 0 aliphatic heterocycles. The van der Waals surface area contributed by atoms with Gasteiger partial charge < -0.3 is 9.67 Å². The van der Waals surface area contributed by atoms with Gasteiger partial charge in [0, 0.05) is 33.3 Å². The lowest BCUT2D eigenvalue weighted by Crippen LogP contribution is -1.99. The van der Waals surface area contributed by atoms with Crippen molar-refractivity contribution >= 4 is 27.8 Å². The maximum Gasteiger partial charge on any atom is 0.141 e. The molecular weight excluding hydrogens is 352 g/mol. The van der Waals surface area contributed by atoms with Gasteiger partial charge in [-0.05, 0) is 56.3 Å². The van der Waals surface area contributed by atoms with Gasteiger partial charge in [0.2, 0.25) is 0 Å². The fourth-order valence-corrected chi connectivity index (χ4v) is 2.88. The van der Waals surface area contributed by atoms with Gasteiger partial charge >= 0.3 is 0 Å². The molecule has 1 heterocycles. The SMILES string of the molecule is Cc1cc(C=Nc2ccccc2O)c(C)n1-c1ccc(Br)cc1. The molecule has 0 saturated heterocycles. The molecule has 0 saturated carbocycles. The van der Waals surface area contributed by atoms with Gasteiger partial charge in [0.15, 0.2) is 0 Å². The smallest absolute Gasteiger partial charge is 0.141 e. The average molecular weight is 369 g/mol. The van der Waals surface area contributed by atoms with Gasteiger partial charge in [-0.25, -0.2) is 0 Å². The monoisotopic (exact) mass is 368 g/mol. The van der Waals surface area contributed by atoms with Crippen molar-refractivity contribution in [2.75, 3.05) is 0 Å². The molecule has 4 heteroatoms. The number of hydrogen-bond acceptors (Lipinski definition) is 2. The zero-order chi connectivity index (χ0) is 16.4. The number of halogens is 1. The Morgan fingerprint density at radius 2 is 1.74 bits per heavy atom. The first kappa shape index (κ1) is 15.6. The molecule has 0 atom stereocenters. The molecule has 3 aromatic rings. The van der Waals surface area contributed by atoms with E-state index >= 15 is 0 Å². The van der Waals surface area contributed by atoms with Gasteiger partial charge in [-0.3, -0.25) is 4.99 Å². The Morgan fingerprint density at radius 1 is 1.04 bits per heavy atom. The van der Waals surface area contributed by atoms with E-state index in [1.165, 1.54) is 0 Å². The van der Waals surface area contributed by atoms with E-state index in [0.29, 0.717) is 5.69 Å². The van der Waals surface area contributed by atoms with Crippen LogP contribution < -0.4 is 0 Å². The lowest BCUT2D eigenvalue weighted by Gasteiger charge is -2.09. The Hall–Kier alpha value is -2.33. The van der Waals surface area contributed by atoms with Gasteiger partial charge in [0.1, 0.15) is 11.4 Å². The van der Waals surface area contributed by atoms with Crippen LogP contribution in [0.1, 0.15) is 17.0 Å². The largest absolute Gasteiger partial charge is 0.506 e. The van der Waals surface area contributed by atoms with Crippen molar-refractivity contribution in [2.45, 2.75) is 13.8 Å². The summed E-state index contributed by atoms with van der Waals surface area (Å²) in [7, 11) is 0. The molecule has 1 aromatic heterocycles.